The van der Waals surface area contributed by atoms with Crippen LogP contribution in [0.15, 0.2) is 36.7 Å². The maximum absolute atomic E-state index is 14.0. The maximum atomic E-state index is 14.0. The molecule has 1 aliphatic rings. The number of nitriles is 1. The quantitative estimate of drug-likeness (QED) is 0.782. The van der Waals surface area contributed by atoms with E-state index >= 15 is 0 Å². The third-order valence-electron chi connectivity index (χ3n) is 4.41. The number of hydrogen-bond acceptors (Lipinski definition) is 5. The van der Waals surface area contributed by atoms with E-state index in [2.05, 4.69) is 15.4 Å². The monoisotopic (exact) mass is 351 g/mol. The fourth-order valence-corrected chi connectivity index (χ4v) is 2.79. The molecule has 1 aromatic carbocycles. The number of halogens is 1. The zero-order valence-electron chi connectivity index (χ0n) is 13.9. The van der Waals surface area contributed by atoms with Crippen molar-refractivity contribution in [3.05, 3.63) is 48.0 Å². The van der Waals surface area contributed by atoms with Crippen molar-refractivity contribution in [2.75, 3.05) is 18.5 Å². The third kappa shape index (κ3) is 2.59. The van der Waals surface area contributed by atoms with E-state index in [0.717, 1.165) is 0 Å². The van der Waals surface area contributed by atoms with Gasteiger partial charge in [-0.2, -0.15) is 10.4 Å². The SMILES string of the molecule is CC1(C(=O)Nc2cc(-c3ccc(C#N)c(F)c3)n3ncnc3c2)COC1. The van der Waals surface area contributed by atoms with Crippen molar-refractivity contribution in [2.45, 2.75) is 6.92 Å². The number of carbonyl (C=O) groups is 1. The van der Waals surface area contributed by atoms with Gasteiger partial charge in [-0.1, -0.05) is 6.07 Å². The number of rotatable bonds is 3. The van der Waals surface area contributed by atoms with Crippen molar-refractivity contribution < 1.29 is 13.9 Å². The summed E-state index contributed by atoms with van der Waals surface area (Å²) in [6, 6.07) is 9.49. The molecule has 7 nitrogen and oxygen atoms in total. The molecule has 130 valence electrons. The molecule has 1 fully saturated rings. The highest BCUT2D eigenvalue weighted by atomic mass is 19.1. The van der Waals surface area contributed by atoms with Crippen molar-refractivity contribution in [3.63, 3.8) is 0 Å². The molecule has 0 radical (unpaired) electrons. The van der Waals surface area contributed by atoms with Crippen LogP contribution in [0.4, 0.5) is 10.1 Å². The van der Waals surface area contributed by atoms with Crippen molar-refractivity contribution in [1.82, 2.24) is 14.6 Å². The van der Waals surface area contributed by atoms with E-state index in [-0.39, 0.29) is 11.5 Å². The molecule has 1 N–H and O–H groups in total. The van der Waals surface area contributed by atoms with Crippen LogP contribution < -0.4 is 5.32 Å². The fraction of sp³-hybridized carbons (Fsp3) is 0.222. The molecule has 0 spiro atoms. The second kappa shape index (κ2) is 5.89. The van der Waals surface area contributed by atoms with E-state index in [1.54, 1.807) is 28.8 Å². The molecular formula is C18H14FN5O2. The lowest BCUT2D eigenvalue weighted by molar-refractivity contribution is -0.151. The number of fused-ring (bicyclic) bond motifs is 1. The molecule has 3 aromatic rings. The average Bonchev–Trinajstić information content (AvgIpc) is 3.07. The van der Waals surface area contributed by atoms with Gasteiger partial charge in [-0.15, -0.1) is 0 Å². The minimum Gasteiger partial charge on any atom is -0.379 e. The molecule has 0 unspecified atom stereocenters. The lowest BCUT2D eigenvalue weighted by Crippen LogP contribution is -2.49. The molecular weight excluding hydrogens is 337 g/mol. The van der Waals surface area contributed by atoms with Gasteiger partial charge in [0, 0.05) is 17.3 Å². The topological polar surface area (TPSA) is 92.3 Å². The number of benzene rings is 1. The van der Waals surface area contributed by atoms with Gasteiger partial charge in [-0.25, -0.2) is 13.9 Å². The highest BCUT2D eigenvalue weighted by Gasteiger charge is 2.41. The van der Waals surface area contributed by atoms with Crippen LogP contribution in [0.2, 0.25) is 0 Å². The Hall–Kier alpha value is -3.31. The molecule has 1 aliphatic heterocycles. The minimum atomic E-state index is -0.619. The van der Waals surface area contributed by atoms with Crippen LogP contribution in [0.25, 0.3) is 16.9 Å². The van der Waals surface area contributed by atoms with Crippen LogP contribution >= 0.6 is 0 Å². The smallest absolute Gasteiger partial charge is 0.234 e. The first-order valence-electron chi connectivity index (χ1n) is 7.93. The van der Waals surface area contributed by atoms with Gasteiger partial charge in [0.15, 0.2) is 5.65 Å². The number of ether oxygens (including phenoxy) is 1. The molecule has 3 heterocycles. The maximum Gasteiger partial charge on any atom is 0.234 e. The number of anilines is 1. The average molecular weight is 351 g/mol. The van der Waals surface area contributed by atoms with E-state index in [9.17, 15) is 9.18 Å². The van der Waals surface area contributed by atoms with Crippen LogP contribution in [0.1, 0.15) is 12.5 Å². The number of nitrogens with one attached hydrogen (secondary N) is 1. The predicted octanol–water partition coefficient (Wildman–Crippen LogP) is 2.38. The Morgan fingerprint density at radius 3 is 2.85 bits per heavy atom. The second-order valence-electron chi connectivity index (χ2n) is 6.47. The molecule has 0 bridgehead atoms. The van der Waals surface area contributed by atoms with Crippen LogP contribution in [0.5, 0.6) is 0 Å². The summed E-state index contributed by atoms with van der Waals surface area (Å²) in [4.78, 5) is 16.6. The summed E-state index contributed by atoms with van der Waals surface area (Å²) in [6.45, 7) is 2.58. The normalized spacial score (nSPS) is 15.3. The Morgan fingerprint density at radius 1 is 1.38 bits per heavy atom. The fourth-order valence-electron chi connectivity index (χ4n) is 2.79. The highest BCUT2D eigenvalue weighted by molar-refractivity contribution is 5.96. The van der Waals surface area contributed by atoms with E-state index in [1.165, 1.54) is 18.5 Å². The first kappa shape index (κ1) is 16.2. The Bertz CT molecular complexity index is 1070. The molecule has 0 aliphatic carbocycles. The van der Waals surface area contributed by atoms with Gasteiger partial charge in [0.25, 0.3) is 0 Å². The molecule has 0 atom stereocenters. The predicted molar refractivity (Wildman–Crippen MR) is 90.7 cm³/mol. The lowest BCUT2D eigenvalue weighted by Gasteiger charge is -2.36. The number of carbonyl (C=O) groups excluding carboxylic acids is 1. The summed E-state index contributed by atoms with van der Waals surface area (Å²) < 4.78 is 20.7. The summed E-state index contributed by atoms with van der Waals surface area (Å²) in [6.07, 6.45) is 1.38. The first-order valence-corrected chi connectivity index (χ1v) is 7.93. The van der Waals surface area contributed by atoms with E-state index in [4.69, 9.17) is 10.00 Å². The van der Waals surface area contributed by atoms with Crippen LogP contribution in [0, 0.1) is 22.6 Å². The number of hydrogen-bond donors (Lipinski definition) is 1. The molecule has 2 aromatic heterocycles. The summed E-state index contributed by atoms with van der Waals surface area (Å²) >= 11 is 0. The standard InChI is InChI=1S/C18H14FN5O2/c1-18(8-26-9-18)17(25)23-13-5-15(24-16(6-13)21-10-22-24)11-2-3-12(7-20)14(19)4-11/h2-6,10H,8-9H2,1H3,(H,23,25). The molecule has 4 rings (SSSR count). The molecule has 0 saturated carbocycles. The Kier molecular flexibility index (Phi) is 3.67. The van der Waals surface area contributed by atoms with Gasteiger partial charge in [0.1, 0.15) is 18.2 Å². The largest absolute Gasteiger partial charge is 0.379 e. The van der Waals surface area contributed by atoms with E-state index in [1.807, 2.05) is 6.92 Å². The van der Waals surface area contributed by atoms with E-state index < -0.39 is 11.2 Å². The second-order valence-corrected chi connectivity index (χ2v) is 6.47. The number of nitrogens with zero attached hydrogens (tertiary/aromatic N) is 4. The number of amides is 1. The van der Waals surface area contributed by atoms with Crippen molar-refractivity contribution >= 4 is 17.2 Å². The summed E-state index contributed by atoms with van der Waals surface area (Å²) in [5.41, 5.74) is 1.52. The number of pyridine rings is 1. The van der Waals surface area contributed by atoms with Gasteiger partial charge >= 0.3 is 0 Å². The summed E-state index contributed by atoms with van der Waals surface area (Å²) in [7, 11) is 0. The molecule has 1 saturated heterocycles. The highest BCUT2D eigenvalue weighted by Crippen LogP contribution is 2.30. The Labute approximate surface area is 148 Å². The van der Waals surface area contributed by atoms with Gasteiger partial charge in [-0.3, -0.25) is 4.79 Å². The zero-order valence-corrected chi connectivity index (χ0v) is 13.9. The zero-order chi connectivity index (χ0) is 18.3. The van der Waals surface area contributed by atoms with Crippen molar-refractivity contribution in [3.8, 4) is 17.3 Å². The van der Waals surface area contributed by atoms with Crippen LogP contribution in [0.3, 0.4) is 0 Å². The first-order chi connectivity index (χ1) is 12.5. The lowest BCUT2D eigenvalue weighted by atomic mass is 9.87. The molecule has 1 amide bonds. The Balaban J connectivity index is 1.77. The van der Waals surface area contributed by atoms with Gasteiger partial charge in [-0.05, 0) is 25.1 Å². The molecule has 8 heteroatoms. The third-order valence-corrected chi connectivity index (χ3v) is 4.41. The number of aromatic nitrogens is 3. The van der Waals surface area contributed by atoms with Crippen LogP contribution in [-0.2, 0) is 9.53 Å². The summed E-state index contributed by atoms with van der Waals surface area (Å²) in [5, 5.41) is 15.9. The minimum absolute atomic E-state index is 0.0362. The van der Waals surface area contributed by atoms with Crippen molar-refractivity contribution in [1.29, 1.82) is 5.26 Å². The van der Waals surface area contributed by atoms with Gasteiger partial charge in [0.05, 0.1) is 29.9 Å². The van der Waals surface area contributed by atoms with Crippen molar-refractivity contribution in [2.24, 2.45) is 5.41 Å². The summed E-state index contributed by atoms with van der Waals surface area (Å²) in [5.74, 6) is -0.767. The van der Waals surface area contributed by atoms with Gasteiger partial charge < -0.3 is 10.1 Å². The Morgan fingerprint density at radius 2 is 2.19 bits per heavy atom. The van der Waals surface area contributed by atoms with Gasteiger partial charge in [0.2, 0.25) is 5.91 Å². The van der Waals surface area contributed by atoms with E-state index in [0.29, 0.717) is 35.8 Å². The van der Waals surface area contributed by atoms with Crippen LogP contribution in [-0.4, -0.2) is 33.7 Å². The molecule has 26 heavy (non-hydrogen) atoms.